The van der Waals surface area contributed by atoms with E-state index in [1.165, 1.54) is 6.33 Å². The lowest BCUT2D eigenvalue weighted by atomic mass is 10.3. The van der Waals surface area contributed by atoms with Gasteiger partial charge in [-0.05, 0) is 31.0 Å². The van der Waals surface area contributed by atoms with E-state index in [4.69, 9.17) is 0 Å². The summed E-state index contributed by atoms with van der Waals surface area (Å²) in [6.45, 7) is 4.48. The van der Waals surface area contributed by atoms with Gasteiger partial charge >= 0.3 is 5.69 Å². The van der Waals surface area contributed by atoms with Crippen LogP contribution in [0.15, 0.2) is 24.7 Å². The van der Waals surface area contributed by atoms with Crippen LogP contribution in [0.5, 0.6) is 0 Å². The zero-order valence-electron chi connectivity index (χ0n) is 11.8. The maximum atomic E-state index is 11.3. The van der Waals surface area contributed by atoms with Crippen molar-refractivity contribution in [3.05, 3.63) is 40.3 Å². The number of nitro groups is 1. The van der Waals surface area contributed by atoms with E-state index in [1.54, 1.807) is 12.3 Å². The van der Waals surface area contributed by atoms with Crippen LogP contribution in [0.25, 0.3) is 0 Å². The first kappa shape index (κ1) is 14.6. The number of pyridine rings is 1. The molecule has 2 rings (SSSR count). The van der Waals surface area contributed by atoms with Crippen molar-refractivity contribution >= 4 is 23.1 Å². The van der Waals surface area contributed by atoms with Gasteiger partial charge in [0.15, 0.2) is 0 Å². The zero-order chi connectivity index (χ0) is 15.2. The Morgan fingerprint density at radius 2 is 2.05 bits per heavy atom. The summed E-state index contributed by atoms with van der Waals surface area (Å²) < 4.78 is 0. The second kappa shape index (κ2) is 6.60. The van der Waals surface area contributed by atoms with Gasteiger partial charge in [-0.1, -0.05) is 6.92 Å². The highest BCUT2D eigenvalue weighted by atomic mass is 16.6. The number of nitrogens with zero attached hydrogens (tertiary/aromatic N) is 4. The summed E-state index contributed by atoms with van der Waals surface area (Å²) in [4.78, 5) is 22.8. The number of hydrogen-bond acceptors (Lipinski definition) is 7. The average molecular weight is 288 g/mol. The fourth-order valence-electron chi connectivity index (χ4n) is 1.74. The molecule has 0 unspecified atom stereocenters. The molecule has 110 valence electrons. The Morgan fingerprint density at radius 1 is 1.29 bits per heavy atom. The fourth-order valence-corrected chi connectivity index (χ4v) is 1.74. The van der Waals surface area contributed by atoms with Crippen molar-refractivity contribution in [3.8, 4) is 0 Å². The first-order valence-electron chi connectivity index (χ1n) is 6.54. The molecule has 0 bridgehead atoms. The first-order chi connectivity index (χ1) is 10.1. The minimum atomic E-state index is -0.504. The molecular formula is C13H16N6O2. The molecule has 0 saturated heterocycles. The van der Waals surface area contributed by atoms with E-state index < -0.39 is 4.92 Å². The third kappa shape index (κ3) is 3.62. The minimum Gasteiger partial charge on any atom is -0.364 e. The number of aryl methyl sites for hydroxylation is 1. The van der Waals surface area contributed by atoms with Gasteiger partial charge < -0.3 is 10.6 Å². The third-order valence-electron chi connectivity index (χ3n) is 2.71. The smallest absolute Gasteiger partial charge is 0.353 e. The lowest BCUT2D eigenvalue weighted by Gasteiger charge is -2.09. The van der Waals surface area contributed by atoms with Crippen LogP contribution in [0.3, 0.4) is 0 Å². The van der Waals surface area contributed by atoms with Crippen LogP contribution in [0.4, 0.5) is 23.1 Å². The highest BCUT2D eigenvalue weighted by molar-refractivity contribution is 5.72. The monoisotopic (exact) mass is 288 g/mol. The number of rotatable bonds is 6. The van der Waals surface area contributed by atoms with Crippen molar-refractivity contribution in [2.24, 2.45) is 0 Å². The Kier molecular flexibility index (Phi) is 4.60. The quantitative estimate of drug-likeness (QED) is 0.621. The second-order valence-corrected chi connectivity index (χ2v) is 4.45. The van der Waals surface area contributed by atoms with Gasteiger partial charge in [0.2, 0.25) is 11.6 Å². The Labute approximate surface area is 121 Å². The summed E-state index contributed by atoms with van der Waals surface area (Å²) in [6.07, 6.45) is 3.74. The number of anilines is 3. The van der Waals surface area contributed by atoms with Crippen LogP contribution >= 0.6 is 0 Å². The van der Waals surface area contributed by atoms with Crippen molar-refractivity contribution in [1.29, 1.82) is 0 Å². The lowest BCUT2D eigenvalue weighted by molar-refractivity contribution is -0.383. The van der Waals surface area contributed by atoms with Crippen LogP contribution < -0.4 is 10.6 Å². The van der Waals surface area contributed by atoms with Crippen molar-refractivity contribution in [2.75, 3.05) is 17.2 Å². The van der Waals surface area contributed by atoms with Gasteiger partial charge in [-0.2, -0.15) is 0 Å². The number of aromatic nitrogens is 3. The normalized spacial score (nSPS) is 10.2. The Balaban J connectivity index is 2.36. The van der Waals surface area contributed by atoms with E-state index in [1.807, 2.05) is 19.9 Å². The van der Waals surface area contributed by atoms with Gasteiger partial charge in [-0.3, -0.25) is 10.1 Å². The molecule has 0 atom stereocenters. The molecule has 8 heteroatoms. The number of nitrogens with one attached hydrogen (secondary N) is 2. The summed E-state index contributed by atoms with van der Waals surface area (Å²) in [5, 5.41) is 17.1. The zero-order valence-corrected chi connectivity index (χ0v) is 11.8. The molecule has 0 aliphatic carbocycles. The SMILES string of the molecule is CCCNc1ncnc(Nc2cc(C)ccn2)c1[N+](=O)[O-]. The van der Waals surface area contributed by atoms with E-state index in [2.05, 4.69) is 25.6 Å². The highest BCUT2D eigenvalue weighted by Gasteiger charge is 2.23. The molecule has 0 fully saturated rings. The summed E-state index contributed by atoms with van der Waals surface area (Å²) in [7, 11) is 0. The van der Waals surface area contributed by atoms with Crippen molar-refractivity contribution < 1.29 is 4.92 Å². The lowest BCUT2D eigenvalue weighted by Crippen LogP contribution is -2.09. The van der Waals surface area contributed by atoms with Gasteiger partial charge in [0.25, 0.3) is 0 Å². The van der Waals surface area contributed by atoms with Crippen molar-refractivity contribution in [3.63, 3.8) is 0 Å². The van der Waals surface area contributed by atoms with E-state index in [9.17, 15) is 10.1 Å². The molecule has 2 N–H and O–H groups in total. The molecule has 0 radical (unpaired) electrons. The van der Waals surface area contributed by atoms with Gasteiger partial charge in [0.05, 0.1) is 4.92 Å². The molecule has 0 aliphatic rings. The Morgan fingerprint density at radius 3 is 2.71 bits per heavy atom. The van der Waals surface area contributed by atoms with Gasteiger partial charge in [0, 0.05) is 12.7 Å². The molecule has 0 aromatic carbocycles. The van der Waals surface area contributed by atoms with Crippen molar-refractivity contribution in [1.82, 2.24) is 15.0 Å². The Hall–Kier alpha value is -2.77. The van der Waals surface area contributed by atoms with Gasteiger partial charge in [-0.15, -0.1) is 0 Å². The largest absolute Gasteiger partial charge is 0.364 e. The van der Waals surface area contributed by atoms with E-state index >= 15 is 0 Å². The van der Waals surface area contributed by atoms with Crippen LogP contribution in [-0.2, 0) is 0 Å². The molecule has 21 heavy (non-hydrogen) atoms. The molecule has 0 aliphatic heterocycles. The second-order valence-electron chi connectivity index (χ2n) is 4.45. The highest BCUT2D eigenvalue weighted by Crippen LogP contribution is 2.30. The molecule has 2 heterocycles. The summed E-state index contributed by atoms with van der Waals surface area (Å²) in [5.41, 5.74) is 0.808. The summed E-state index contributed by atoms with van der Waals surface area (Å²) in [6, 6.07) is 3.62. The molecule has 8 nitrogen and oxygen atoms in total. The van der Waals surface area contributed by atoms with Crippen molar-refractivity contribution in [2.45, 2.75) is 20.3 Å². The van der Waals surface area contributed by atoms with Crippen LogP contribution in [0.1, 0.15) is 18.9 Å². The van der Waals surface area contributed by atoms with Gasteiger partial charge in [0.1, 0.15) is 12.1 Å². The predicted octanol–water partition coefficient (Wildman–Crippen LogP) is 2.65. The summed E-state index contributed by atoms with van der Waals surface area (Å²) >= 11 is 0. The van der Waals surface area contributed by atoms with E-state index in [-0.39, 0.29) is 17.3 Å². The molecule has 0 spiro atoms. The third-order valence-corrected chi connectivity index (χ3v) is 2.71. The average Bonchev–Trinajstić information content (AvgIpc) is 2.45. The molecular weight excluding hydrogens is 272 g/mol. The predicted molar refractivity (Wildman–Crippen MR) is 79.7 cm³/mol. The topological polar surface area (TPSA) is 106 Å². The van der Waals surface area contributed by atoms with E-state index in [0.717, 1.165) is 12.0 Å². The van der Waals surface area contributed by atoms with Crippen LogP contribution in [0, 0.1) is 17.0 Å². The van der Waals surface area contributed by atoms with E-state index in [0.29, 0.717) is 12.4 Å². The maximum absolute atomic E-state index is 11.3. The first-order valence-corrected chi connectivity index (χ1v) is 6.54. The van der Waals surface area contributed by atoms with Crippen LogP contribution in [-0.4, -0.2) is 26.4 Å². The minimum absolute atomic E-state index is 0.117. The molecule has 0 amide bonds. The van der Waals surface area contributed by atoms with Crippen LogP contribution in [0.2, 0.25) is 0 Å². The summed E-state index contributed by atoms with van der Waals surface area (Å²) in [5.74, 6) is 0.817. The maximum Gasteiger partial charge on any atom is 0.353 e. The molecule has 2 aromatic heterocycles. The van der Waals surface area contributed by atoms with Gasteiger partial charge in [-0.25, -0.2) is 15.0 Å². The Bertz CT molecular complexity index is 646. The molecule has 0 saturated carbocycles. The fraction of sp³-hybridized carbons (Fsp3) is 0.308. The standard InChI is InChI=1S/C13H16N6O2/c1-3-5-15-12-11(19(20)21)13(17-8-16-12)18-10-7-9(2)4-6-14-10/h4,6-8H,3,5H2,1-2H3,(H2,14,15,16,17,18). The number of hydrogen-bond donors (Lipinski definition) is 2. The molecule has 2 aromatic rings.